The van der Waals surface area contributed by atoms with Gasteiger partial charge in [-0.3, -0.25) is 14.6 Å². The minimum atomic E-state index is -1.05. The van der Waals surface area contributed by atoms with E-state index in [4.69, 9.17) is 23.2 Å². The Kier molecular flexibility index (Phi) is 2.41. The van der Waals surface area contributed by atoms with Gasteiger partial charge in [0.15, 0.2) is 0 Å². The SMILES string of the molecule is O=C1C(=O)C(Cl)c2c(Cl)cc3cccc4c5c(c1c2c34)C=CN=5. The molecule has 0 fully saturated rings. The summed E-state index contributed by atoms with van der Waals surface area (Å²) < 4.78 is 0. The molecule has 1 unspecified atom stereocenters. The van der Waals surface area contributed by atoms with Crippen LogP contribution in [0.2, 0.25) is 5.02 Å². The number of benzene rings is 3. The van der Waals surface area contributed by atoms with Gasteiger partial charge < -0.3 is 0 Å². The second-order valence-corrected chi connectivity index (χ2v) is 6.53. The summed E-state index contributed by atoms with van der Waals surface area (Å²) in [5, 5.41) is 3.50. The third-order valence-corrected chi connectivity index (χ3v) is 5.29. The van der Waals surface area contributed by atoms with Crippen molar-refractivity contribution >= 4 is 62.4 Å². The number of ketones is 2. The van der Waals surface area contributed by atoms with Crippen molar-refractivity contribution in [3.63, 3.8) is 0 Å². The molecule has 0 aromatic heterocycles. The average Bonchev–Trinajstić information content (AvgIpc) is 3.02. The fourth-order valence-corrected chi connectivity index (χ4v) is 4.34. The van der Waals surface area contributed by atoms with Crippen molar-refractivity contribution in [2.24, 2.45) is 4.99 Å². The lowest BCUT2D eigenvalue weighted by Crippen LogP contribution is -2.28. The highest BCUT2D eigenvalue weighted by atomic mass is 35.5. The van der Waals surface area contributed by atoms with Crippen molar-refractivity contribution in [1.29, 1.82) is 0 Å². The van der Waals surface area contributed by atoms with Crippen molar-refractivity contribution in [3.8, 4) is 0 Å². The van der Waals surface area contributed by atoms with Crippen LogP contribution in [0.5, 0.6) is 0 Å². The maximum Gasteiger partial charge on any atom is 0.231 e. The molecule has 0 bridgehead atoms. The third-order valence-electron chi connectivity index (χ3n) is 4.56. The van der Waals surface area contributed by atoms with Gasteiger partial charge in [-0.15, -0.1) is 11.6 Å². The van der Waals surface area contributed by atoms with E-state index in [9.17, 15) is 9.59 Å². The molecule has 1 atom stereocenters. The Bertz CT molecular complexity index is 1180. The van der Waals surface area contributed by atoms with E-state index >= 15 is 0 Å². The zero-order valence-corrected chi connectivity index (χ0v) is 13.1. The summed E-state index contributed by atoms with van der Waals surface area (Å²) in [4.78, 5) is 29.3. The van der Waals surface area contributed by atoms with Crippen molar-refractivity contribution in [3.05, 3.63) is 57.5 Å². The Morgan fingerprint density at radius 2 is 1.96 bits per heavy atom. The number of nitrogens with zero attached hydrogens (tertiary/aromatic N) is 1. The number of alkyl halides is 1. The van der Waals surface area contributed by atoms with E-state index in [1.807, 2.05) is 18.2 Å². The average molecular weight is 340 g/mol. The molecule has 1 aliphatic heterocycles. The van der Waals surface area contributed by atoms with Gasteiger partial charge in [0.1, 0.15) is 5.38 Å². The molecule has 0 saturated heterocycles. The lowest BCUT2D eigenvalue weighted by molar-refractivity contribution is -0.115. The van der Waals surface area contributed by atoms with Gasteiger partial charge in [0.2, 0.25) is 11.6 Å². The molecule has 3 aromatic rings. The highest BCUT2D eigenvalue weighted by Gasteiger charge is 2.38. The third kappa shape index (κ3) is 1.44. The molecule has 1 aliphatic carbocycles. The summed E-state index contributed by atoms with van der Waals surface area (Å²) in [7, 11) is 0. The molecular weight excluding hydrogens is 333 g/mol. The predicted molar refractivity (Wildman–Crippen MR) is 90.2 cm³/mol. The molecule has 0 saturated carbocycles. The maximum atomic E-state index is 12.6. The van der Waals surface area contributed by atoms with Gasteiger partial charge in [-0.25, -0.2) is 0 Å². The molecular formula is C18H7Cl2NO2. The Balaban J connectivity index is 2.22. The number of hydrogen-bond acceptors (Lipinski definition) is 3. The van der Waals surface area contributed by atoms with E-state index < -0.39 is 16.9 Å². The van der Waals surface area contributed by atoms with Crippen molar-refractivity contribution < 1.29 is 9.59 Å². The number of carbonyl (C=O) groups excluding carboxylic acids is 2. The van der Waals surface area contributed by atoms with Crippen molar-refractivity contribution in [1.82, 2.24) is 0 Å². The van der Waals surface area contributed by atoms with Crippen LogP contribution >= 0.6 is 23.2 Å². The molecule has 0 amide bonds. The number of Topliss-reactive ketones (excluding diaryl/α,β-unsaturated/α-hetero) is 2. The first-order chi connectivity index (χ1) is 11.1. The number of carbonyl (C=O) groups is 2. The quantitative estimate of drug-likeness (QED) is 0.458. The van der Waals surface area contributed by atoms with Crippen LogP contribution < -0.4 is 5.36 Å². The summed E-state index contributed by atoms with van der Waals surface area (Å²) in [6.07, 6.45) is 3.41. The first-order valence-corrected chi connectivity index (χ1v) is 7.88. The normalized spacial score (nSPS) is 18.8. The zero-order valence-electron chi connectivity index (χ0n) is 11.6. The Morgan fingerprint density at radius 3 is 2.78 bits per heavy atom. The molecule has 0 spiro atoms. The summed E-state index contributed by atoms with van der Waals surface area (Å²) in [5.41, 5.74) is 1.58. The van der Waals surface area contributed by atoms with E-state index in [-0.39, 0.29) is 0 Å². The van der Waals surface area contributed by atoms with E-state index in [1.165, 1.54) is 0 Å². The van der Waals surface area contributed by atoms with Gasteiger partial charge in [-0.05, 0) is 22.9 Å². The standard InChI is InChI=1S/C18H7Cl2NO2/c19-10-6-7-2-1-3-8-11(7)14-12(9-4-5-21-16(8)9)17(22)18(23)15(20)13(10)14/h1-6,15H. The van der Waals surface area contributed by atoms with Gasteiger partial charge in [0.25, 0.3) is 0 Å². The highest BCUT2D eigenvalue weighted by molar-refractivity contribution is 6.58. The first-order valence-electron chi connectivity index (χ1n) is 7.07. The molecule has 23 heavy (non-hydrogen) atoms. The zero-order chi connectivity index (χ0) is 15.9. The van der Waals surface area contributed by atoms with E-state index in [1.54, 1.807) is 18.3 Å². The number of hydrogen-bond donors (Lipinski definition) is 0. The topological polar surface area (TPSA) is 46.5 Å². The Morgan fingerprint density at radius 1 is 1.13 bits per heavy atom. The van der Waals surface area contributed by atoms with Crippen LogP contribution in [0.3, 0.4) is 0 Å². The summed E-state index contributed by atoms with van der Waals surface area (Å²) in [6.45, 7) is 0. The lowest BCUT2D eigenvalue weighted by Gasteiger charge is -2.23. The summed E-state index contributed by atoms with van der Waals surface area (Å²) in [5.74, 6) is -1.20. The molecule has 5 heteroatoms. The largest absolute Gasteiger partial charge is 0.288 e. The lowest BCUT2D eigenvalue weighted by atomic mass is 9.81. The van der Waals surface area contributed by atoms with Crippen LogP contribution in [0, 0.1) is 0 Å². The monoisotopic (exact) mass is 339 g/mol. The number of halogens is 2. The van der Waals surface area contributed by atoms with E-state index in [2.05, 4.69) is 4.99 Å². The fraction of sp³-hybridized carbons (Fsp3) is 0.0556. The fourth-order valence-electron chi connectivity index (χ4n) is 3.63. The molecule has 3 aromatic carbocycles. The van der Waals surface area contributed by atoms with Gasteiger partial charge in [0.05, 0.1) is 5.36 Å². The highest BCUT2D eigenvalue weighted by Crippen LogP contribution is 2.45. The molecule has 110 valence electrons. The second-order valence-electron chi connectivity index (χ2n) is 5.69. The molecule has 2 aliphatic rings. The Labute approximate surface area is 140 Å². The van der Waals surface area contributed by atoms with E-state index in [0.29, 0.717) is 27.1 Å². The minimum absolute atomic E-state index is 0.376. The van der Waals surface area contributed by atoms with Gasteiger partial charge in [-0.2, -0.15) is 0 Å². The number of fused-ring (bicyclic) bond motifs is 3. The van der Waals surface area contributed by atoms with Crippen LogP contribution in [0.25, 0.3) is 27.6 Å². The van der Waals surface area contributed by atoms with Crippen LogP contribution in [-0.2, 0) is 4.79 Å². The molecule has 5 rings (SSSR count). The van der Waals surface area contributed by atoms with E-state index in [0.717, 1.165) is 21.5 Å². The van der Waals surface area contributed by atoms with Crippen LogP contribution in [0.1, 0.15) is 26.9 Å². The van der Waals surface area contributed by atoms with Gasteiger partial charge in [-0.1, -0.05) is 29.8 Å². The second kappa shape index (κ2) is 4.19. The van der Waals surface area contributed by atoms with Crippen molar-refractivity contribution in [2.75, 3.05) is 0 Å². The smallest absolute Gasteiger partial charge is 0.231 e. The minimum Gasteiger partial charge on any atom is -0.288 e. The van der Waals surface area contributed by atoms with Gasteiger partial charge in [0, 0.05) is 38.7 Å². The van der Waals surface area contributed by atoms with Crippen LogP contribution in [0.15, 0.2) is 35.5 Å². The van der Waals surface area contributed by atoms with Gasteiger partial charge >= 0.3 is 0 Å². The molecule has 0 radical (unpaired) electrons. The van der Waals surface area contributed by atoms with Crippen LogP contribution in [-0.4, -0.2) is 11.6 Å². The summed E-state index contributed by atoms with van der Waals surface area (Å²) >= 11 is 12.7. The molecule has 3 nitrogen and oxygen atoms in total. The molecule has 0 N–H and O–H groups in total. The predicted octanol–water partition coefficient (Wildman–Crippen LogP) is 4.01. The summed E-state index contributed by atoms with van der Waals surface area (Å²) in [6, 6.07) is 7.62. The first kappa shape index (κ1) is 13.2. The number of rotatable bonds is 0. The molecule has 1 heterocycles. The maximum absolute atomic E-state index is 12.6. The van der Waals surface area contributed by atoms with Crippen molar-refractivity contribution in [2.45, 2.75) is 5.38 Å². The van der Waals surface area contributed by atoms with Crippen LogP contribution in [0.4, 0.5) is 0 Å². The Hall–Kier alpha value is -2.23.